The van der Waals surface area contributed by atoms with Crippen LogP contribution in [0.1, 0.15) is 19.3 Å². The summed E-state index contributed by atoms with van der Waals surface area (Å²) in [6.07, 6.45) is 4.80. The van der Waals surface area contributed by atoms with E-state index in [9.17, 15) is 8.42 Å². The van der Waals surface area contributed by atoms with Crippen LogP contribution in [0.25, 0.3) is 0 Å². The topological polar surface area (TPSA) is 59.1 Å². The number of sulfonamides is 1. The van der Waals surface area contributed by atoms with Gasteiger partial charge in [-0.25, -0.2) is 18.1 Å². The Bertz CT molecular complexity index is 471. The van der Waals surface area contributed by atoms with Crippen molar-refractivity contribution in [3.8, 4) is 0 Å². The molecule has 88 valence electrons. The highest BCUT2D eigenvalue weighted by molar-refractivity contribution is 7.89. The first-order valence-corrected chi connectivity index (χ1v) is 7.06. The maximum absolute atomic E-state index is 11.8. The van der Waals surface area contributed by atoms with Crippen LogP contribution in [0.5, 0.6) is 0 Å². The summed E-state index contributed by atoms with van der Waals surface area (Å²) in [5.74, 6) is 0.701. The highest BCUT2D eigenvalue weighted by Gasteiger charge is 2.23. The van der Waals surface area contributed by atoms with Gasteiger partial charge in [0.15, 0.2) is 0 Å². The third-order valence-electron chi connectivity index (χ3n) is 2.56. The van der Waals surface area contributed by atoms with E-state index in [0.717, 1.165) is 6.42 Å². The maximum Gasteiger partial charge on any atom is 0.243 e. The van der Waals surface area contributed by atoms with Crippen molar-refractivity contribution in [1.82, 2.24) is 9.71 Å². The fourth-order valence-electron chi connectivity index (χ4n) is 1.45. The van der Waals surface area contributed by atoms with E-state index in [2.05, 4.69) is 9.71 Å². The van der Waals surface area contributed by atoms with E-state index in [1.807, 2.05) is 0 Å². The number of aromatic nitrogens is 1. The van der Waals surface area contributed by atoms with Crippen molar-refractivity contribution in [1.29, 1.82) is 0 Å². The number of rotatable bonds is 5. The fourth-order valence-corrected chi connectivity index (χ4v) is 2.95. The lowest BCUT2D eigenvalue weighted by molar-refractivity contribution is 0.575. The Labute approximate surface area is 100 Å². The lowest BCUT2D eigenvalue weighted by Crippen LogP contribution is -2.25. The van der Waals surface area contributed by atoms with Gasteiger partial charge in [0.1, 0.15) is 10.0 Å². The fraction of sp³-hybridized carbons (Fsp3) is 0.500. The molecule has 0 radical (unpaired) electrons. The first-order chi connectivity index (χ1) is 7.59. The number of nitrogens with one attached hydrogen (secondary N) is 1. The Balaban J connectivity index is 2.03. The molecule has 0 aromatic carbocycles. The molecule has 1 fully saturated rings. The van der Waals surface area contributed by atoms with E-state index in [-0.39, 0.29) is 10.0 Å². The lowest BCUT2D eigenvalue weighted by Gasteiger charge is -2.06. The number of pyridine rings is 1. The summed E-state index contributed by atoms with van der Waals surface area (Å²) < 4.78 is 26.2. The van der Waals surface area contributed by atoms with Gasteiger partial charge in [-0.05, 0) is 24.5 Å². The second-order valence-electron chi connectivity index (χ2n) is 3.92. The molecule has 0 amide bonds. The molecule has 4 nitrogen and oxygen atoms in total. The number of halogens is 1. The third-order valence-corrected chi connectivity index (χ3v) is 4.46. The second kappa shape index (κ2) is 4.69. The van der Waals surface area contributed by atoms with Crippen molar-refractivity contribution in [2.75, 3.05) is 6.54 Å². The first-order valence-electron chi connectivity index (χ1n) is 5.20. The minimum Gasteiger partial charge on any atom is -0.243 e. The minimum atomic E-state index is -3.50. The van der Waals surface area contributed by atoms with Gasteiger partial charge in [-0.1, -0.05) is 24.4 Å². The molecular formula is C10H13ClN2O2S. The Kier molecular flexibility index (Phi) is 3.47. The van der Waals surface area contributed by atoms with Gasteiger partial charge < -0.3 is 0 Å². The van der Waals surface area contributed by atoms with Gasteiger partial charge in [0.25, 0.3) is 0 Å². The van der Waals surface area contributed by atoms with Crippen molar-refractivity contribution in [2.45, 2.75) is 24.2 Å². The summed E-state index contributed by atoms with van der Waals surface area (Å²) in [5, 5.41) is 0.0152. The van der Waals surface area contributed by atoms with E-state index < -0.39 is 10.0 Å². The van der Waals surface area contributed by atoms with Gasteiger partial charge in [-0.2, -0.15) is 0 Å². The summed E-state index contributed by atoms with van der Waals surface area (Å²) in [7, 11) is -3.50. The molecular weight excluding hydrogens is 248 g/mol. The summed E-state index contributed by atoms with van der Waals surface area (Å²) >= 11 is 5.73. The monoisotopic (exact) mass is 260 g/mol. The Morgan fingerprint density at radius 1 is 1.50 bits per heavy atom. The summed E-state index contributed by atoms with van der Waals surface area (Å²) in [5.41, 5.74) is 0. The number of hydrogen-bond donors (Lipinski definition) is 1. The van der Waals surface area contributed by atoms with Gasteiger partial charge in [0, 0.05) is 12.7 Å². The van der Waals surface area contributed by atoms with Crippen molar-refractivity contribution in [3.05, 3.63) is 23.5 Å². The van der Waals surface area contributed by atoms with Crippen LogP contribution < -0.4 is 4.72 Å². The molecule has 6 heteroatoms. The standard InChI is InChI=1S/C10H13ClN2O2S/c11-10-9(2-1-6-12-10)16(14,15)13-7-5-8-3-4-8/h1-2,6,8,13H,3-5,7H2. The highest BCUT2D eigenvalue weighted by Crippen LogP contribution is 2.31. The van der Waals surface area contributed by atoms with E-state index in [4.69, 9.17) is 11.6 Å². The third kappa shape index (κ3) is 2.93. The smallest absolute Gasteiger partial charge is 0.243 e. The van der Waals surface area contributed by atoms with E-state index in [1.54, 1.807) is 6.07 Å². The molecule has 1 aromatic rings. The molecule has 0 atom stereocenters. The van der Waals surface area contributed by atoms with Crippen LogP contribution in [0.4, 0.5) is 0 Å². The molecule has 1 heterocycles. The van der Waals surface area contributed by atoms with Crippen LogP contribution in [-0.4, -0.2) is 19.9 Å². The average molecular weight is 261 g/mol. The van der Waals surface area contributed by atoms with E-state index in [1.165, 1.54) is 25.1 Å². The predicted octanol–water partition coefficient (Wildman–Crippen LogP) is 1.81. The van der Waals surface area contributed by atoms with Gasteiger partial charge in [-0.3, -0.25) is 0 Å². The molecule has 1 N–H and O–H groups in total. The average Bonchev–Trinajstić information content (AvgIpc) is 3.02. The van der Waals surface area contributed by atoms with Gasteiger partial charge >= 0.3 is 0 Å². The van der Waals surface area contributed by atoms with Crippen LogP contribution in [0.2, 0.25) is 5.15 Å². The molecule has 0 unspecified atom stereocenters. The van der Waals surface area contributed by atoms with Crippen molar-refractivity contribution >= 4 is 21.6 Å². The number of nitrogens with zero attached hydrogens (tertiary/aromatic N) is 1. The van der Waals surface area contributed by atoms with Crippen molar-refractivity contribution in [2.24, 2.45) is 5.92 Å². The summed E-state index contributed by atoms with van der Waals surface area (Å²) in [6, 6.07) is 3.01. The molecule has 0 aliphatic heterocycles. The Hall–Kier alpha value is -0.650. The normalized spacial score (nSPS) is 16.3. The summed E-state index contributed by atoms with van der Waals surface area (Å²) in [6.45, 7) is 0.470. The van der Waals surface area contributed by atoms with E-state index in [0.29, 0.717) is 12.5 Å². The maximum atomic E-state index is 11.8. The minimum absolute atomic E-state index is 0.0152. The SMILES string of the molecule is O=S(=O)(NCCC1CC1)c1cccnc1Cl. The molecule has 0 saturated heterocycles. The zero-order valence-corrected chi connectivity index (χ0v) is 10.3. The van der Waals surface area contributed by atoms with Crippen molar-refractivity contribution < 1.29 is 8.42 Å². The van der Waals surface area contributed by atoms with Crippen molar-refractivity contribution in [3.63, 3.8) is 0 Å². The highest BCUT2D eigenvalue weighted by atomic mass is 35.5. The summed E-state index contributed by atoms with van der Waals surface area (Å²) in [4.78, 5) is 3.80. The quantitative estimate of drug-likeness (QED) is 0.822. The largest absolute Gasteiger partial charge is 0.243 e. The molecule has 1 aliphatic rings. The molecule has 16 heavy (non-hydrogen) atoms. The zero-order valence-electron chi connectivity index (χ0n) is 8.69. The zero-order chi connectivity index (χ0) is 11.6. The van der Waals surface area contributed by atoms with Gasteiger partial charge in [-0.15, -0.1) is 0 Å². The molecule has 0 bridgehead atoms. The molecule has 1 aromatic heterocycles. The van der Waals surface area contributed by atoms with Crippen LogP contribution in [-0.2, 0) is 10.0 Å². The van der Waals surface area contributed by atoms with E-state index >= 15 is 0 Å². The predicted molar refractivity (Wildman–Crippen MR) is 61.8 cm³/mol. The Morgan fingerprint density at radius 2 is 2.25 bits per heavy atom. The molecule has 1 saturated carbocycles. The van der Waals surface area contributed by atoms with Crippen LogP contribution in [0, 0.1) is 5.92 Å². The number of hydrogen-bond acceptors (Lipinski definition) is 3. The lowest BCUT2D eigenvalue weighted by atomic mass is 10.3. The van der Waals surface area contributed by atoms with Crippen LogP contribution in [0.3, 0.4) is 0 Å². The van der Waals surface area contributed by atoms with Gasteiger partial charge in [0.05, 0.1) is 0 Å². The van der Waals surface area contributed by atoms with Crippen LogP contribution in [0.15, 0.2) is 23.2 Å². The molecule has 2 rings (SSSR count). The second-order valence-corrected chi connectivity index (χ2v) is 6.02. The molecule has 1 aliphatic carbocycles. The van der Waals surface area contributed by atoms with Crippen LogP contribution >= 0.6 is 11.6 Å². The molecule has 0 spiro atoms. The van der Waals surface area contributed by atoms with Gasteiger partial charge in [0.2, 0.25) is 10.0 Å². The first kappa shape index (κ1) is 11.8. The Morgan fingerprint density at radius 3 is 2.88 bits per heavy atom.